The third-order valence-electron chi connectivity index (χ3n) is 3.93. The van der Waals surface area contributed by atoms with Gasteiger partial charge in [0.05, 0.1) is 6.61 Å². The van der Waals surface area contributed by atoms with Gasteiger partial charge in [0.15, 0.2) is 11.0 Å². The van der Waals surface area contributed by atoms with E-state index in [2.05, 4.69) is 10.2 Å². The van der Waals surface area contributed by atoms with Crippen LogP contribution in [0.1, 0.15) is 23.6 Å². The average Bonchev–Trinajstić information content (AvgIpc) is 3.06. The van der Waals surface area contributed by atoms with Gasteiger partial charge in [0.1, 0.15) is 17.6 Å². The number of rotatable bonds is 8. The highest BCUT2D eigenvalue weighted by Gasteiger charge is 2.26. The van der Waals surface area contributed by atoms with Crippen LogP contribution < -0.4 is 4.74 Å². The standard InChI is InChI=1S/C20H20ClN3O3S/c1-3-26-19(25)18(14-7-5-4-6-8-14)28-20-23-22-17(24(20)2)13-27-16-11-9-15(21)10-12-16/h4-12,18H,3,13H2,1-2H3/t18-/m1/s1. The molecule has 0 bridgehead atoms. The Morgan fingerprint density at radius 2 is 1.86 bits per heavy atom. The second kappa shape index (κ2) is 9.61. The lowest BCUT2D eigenvalue weighted by molar-refractivity contribution is -0.142. The van der Waals surface area contributed by atoms with Gasteiger partial charge >= 0.3 is 5.97 Å². The number of benzene rings is 2. The van der Waals surface area contributed by atoms with E-state index >= 15 is 0 Å². The van der Waals surface area contributed by atoms with E-state index in [1.54, 1.807) is 31.2 Å². The van der Waals surface area contributed by atoms with Gasteiger partial charge in [-0.25, -0.2) is 0 Å². The molecule has 0 radical (unpaired) electrons. The summed E-state index contributed by atoms with van der Waals surface area (Å²) in [6.45, 7) is 2.36. The van der Waals surface area contributed by atoms with Gasteiger partial charge in [-0.2, -0.15) is 0 Å². The summed E-state index contributed by atoms with van der Waals surface area (Å²) in [5.74, 6) is 1.03. The second-order valence-corrected chi connectivity index (χ2v) is 7.37. The van der Waals surface area contributed by atoms with Crippen LogP contribution in [0.5, 0.6) is 5.75 Å². The molecule has 146 valence electrons. The van der Waals surface area contributed by atoms with Crippen molar-refractivity contribution < 1.29 is 14.3 Å². The summed E-state index contributed by atoms with van der Waals surface area (Å²) in [5.41, 5.74) is 0.855. The van der Waals surface area contributed by atoms with E-state index in [0.717, 1.165) is 5.56 Å². The van der Waals surface area contributed by atoms with E-state index in [4.69, 9.17) is 21.1 Å². The van der Waals surface area contributed by atoms with Crippen LogP contribution in [0.25, 0.3) is 0 Å². The highest BCUT2D eigenvalue weighted by molar-refractivity contribution is 8.00. The maximum atomic E-state index is 12.5. The van der Waals surface area contributed by atoms with E-state index in [9.17, 15) is 4.79 Å². The van der Waals surface area contributed by atoms with Crippen LogP contribution in [0.2, 0.25) is 5.02 Å². The molecule has 6 nitrogen and oxygen atoms in total. The smallest absolute Gasteiger partial charge is 0.324 e. The van der Waals surface area contributed by atoms with Crippen molar-refractivity contribution in [1.82, 2.24) is 14.8 Å². The summed E-state index contributed by atoms with van der Waals surface area (Å²) >= 11 is 7.18. The van der Waals surface area contributed by atoms with Crippen molar-refractivity contribution in [2.75, 3.05) is 6.61 Å². The Bertz CT molecular complexity index is 916. The molecule has 0 saturated carbocycles. The molecular weight excluding hydrogens is 398 g/mol. The first-order valence-corrected chi connectivity index (χ1v) is 9.99. The zero-order valence-electron chi connectivity index (χ0n) is 15.5. The fraction of sp³-hybridized carbons (Fsp3) is 0.250. The molecule has 0 amide bonds. The van der Waals surface area contributed by atoms with E-state index in [1.165, 1.54) is 11.8 Å². The predicted molar refractivity (Wildman–Crippen MR) is 108 cm³/mol. The number of hydrogen-bond donors (Lipinski definition) is 0. The molecule has 0 aliphatic carbocycles. The Balaban J connectivity index is 1.73. The van der Waals surface area contributed by atoms with Gasteiger partial charge in [0.2, 0.25) is 0 Å². The summed E-state index contributed by atoms with van der Waals surface area (Å²) in [5, 5.41) is 9.14. The number of halogens is 1. The van der Waals surface area contributed by atoms with Crippen molar-refractivity contribution in [2.45, 2.75) is 23.9 Å². The number of nitrogens with zero attached hydrogens (tertiary/aromatic N) is 3. The number of thioether (sulfide) groups is 1. The van der Waals surface area contributed by atoms with Gasteiger partial charge in [-0.1, -0.05) is 53.7 Å². The Morgan fingerprint density at radius 1 is 1.14 bits per heavy atom. The third-order valence-corrected chi connectivity index (χ3v) is 5.45. The molecule has 0 aliphatic heterocycles. The second-order valence-electron chi connectivity index (χ2n) is 5.86. The lowest BCUT2D eigenvalue weighted by Crippen LogP contribution is -2.14. The van der Waals surface area contributed by atoms with Crippen molar-refractivity contribution in [3.63, 3.8) is 0 Å². The normalized spacial score (nSPS) is 11.8. The van der Waals surface area contributed by atoms with E-state index in [1.807, 2.05) is 41.9 Å². The highest BCUT2D eigenvalue weighted by atomic mass is 35.5. The quantitative estimate of drug-likeness (QED) is 0.398. The molecule has 3 aromatic rings. The van der Waals surface area contributed by atoms with Crippen molar-refractivity contribution in [3.8, 4) is 5.75 Å². The van der Waals surface area contributed by atoms with Gasteiger partial charge < -0.3 is 14.0 Å². The zero-order valence-corrected chi connectivity index (χ0v) is 17.1. The molecule has 1 aromatic heterocycles. The Kier molecular flexibility index (Phi) is 6.95. The lowest BCUT2D eigenvalue weighted by Gasteiger charge is -2.15. The molecule has 8 heteroatoms. The van der Waals surface area contributed by atoms with Gasteiger partial charge in [-0.3, -0.25) is 4.79 Å². The van der Waals surface area contributed by atoms with Crippen LogP contribution >= 0.6 is 23.4 Å². The van der Waals surface area contributed by atoms with Crippen LogP contribution in [0, 0.1) is 0 Å². The first kappa shape index (κ1) is 20.2. The molecule has 3 rings (SSSR count). The molecule has 1 heterocycles. The summed E-state index contributed by atoms with van der Waals surface area (Å²) in [7, 11) is 1.84. The number of esters is 1. The summed E-state index contributed by atoms with van der Waals surface area (Å²) in [6.07, 6.45) is 0. The number of carbonyl (C=O) groups excluding carboxylic acids is 1. The maximum absolute atomic E-state index is 12.5. The van der Waals surface area contributed by atoms with Gasteiger partial charge in [0.25, 0.3) is 0 Å². The fourth-order valence-electron chi connectivity index (χ4n) is 2.46. The van der Waals surface area contributed by atoms with E-state index in [-0.39, 0.29) is 12.6 Å². The first-order chi connectivity index (χ1) is 13.6. The molecule has 28 heavy (non-hydrogen) atoms. The molecule has 2 aromatic carbocycles. The van der Waals surface area contributed by atoms with Crippen LogP contribution in [0.15, 0.2) is 59.8 Å². The minimum absolute atomic E-state index is 0.251. The molecule has 0 fully saturated rings. The van der Waals surface area contributed by atoms with Crippen molar-refractivity contribution in [3.05, 3.63) is 71.0 Å². The third kappa shape index (κ3) is 5.05. The number of carbonyl (C=O) groups is 1. The molecule has 0 spiro atoms. The Labute approximate surface area is 172 Å². The first-order valence-electron chi connectivity index (χ1n) is 8.73. The van der Waals surface area contributed by atoms with Gasteiger partial charge in [0, 0.05) is 12.1 Å². The molecule has 1 atom stereocenters. The average molecular weight is 418 g/mol. The predicted octanol–water partition coefficient (Wildman–Crippen LogP) is 4.44. The molecule has 0 saturated heterocycles. The number of aromatic nitrogens is 3. The van der Waals surface area contributed by atoms with Crippen molar-refractivity contribution in [1.29, 1.82) is 0 Å². The van der Waals surface area contributed by atoms with Gasteiger partial charge in [-0.15, -0.1) is 10.2 Å². The number of ether oxygens (including phenoxy) is 2. The molecule has 0 N–H and O–H groups in total. The SMILES string of the molecule is CCOC(=O)[C@H](Sc1nnc(COc2ccc(Cl)cc2)n1C)c1ccccc1. The van der Waals surface area contributed by atoms with Crippen molar-refractivity contribution >= 4 is 29.3 Å². The largest absolute Gasteiger partial charge is 0.486 e. The van der Waals surface area contributed by atoms with E-state index < -0.39 is 5.25 Å². The Morgan fingerprint density at radius 3 is 2.54 bits per heavy atom. The summed E-state index contributed by atoms with van der Waals surface area (Å²) < 4.78 is 12.8. The maximum Gasteiger partial charge on any atom is 0.324 e. The highest BCUT2D eigenvalue weighted by Crippen LogP contribution is 2.35. The molecule has 0 unspecified atom stereocenters. The lowest BCUT2D eigenvalue weighted by atomic mass is 10.1. The topological polar surface area (TPSA) is 66.2 Å². The van der Waals surface area contributed by atoms with Crippen LogP contribution in [-0.2, 0) is 23.2 Å². The van der Waals surface area contributed by atoms with Gasteiger partial charge in [-0.05, 0) is 36.8 Å². The minimum atomic E-state index is -0.519. The van der Waals surface area contributed by atoms with Crippen LogP contribution in [0.4, 0.5) is 0 Å². The van der Waals surface area contributed by atoms with E-state index in [0.29, 0.717) is 28.4 Å². The minimum Gasteiger partial charge on any atom is -0.486 e. The van der Waals surface area contributed by atoms with Crippen LogP contribution in [-0.4, -0.2) is 27.3 Å². The summed E-state index contributed by atoms with van der Waals surface area (Å²) in [6, 6.07) is 16.6. The van der Waals surface area contributed by atoms with Crippen LogP contribution in [0.3, 0.4) is 0 Å². The fourth-order valence-corrected chi connectivity index (χ4v) is 3.60. The van der Waals surface area contributed by atoms with Crippen molar-refractivity contribution in [2.24, 2.45) is 7.05 Å². The number of hydrogen-bond acceptors (Lipinski definition) is 6. The Hall–Kier alpha value is -2.51. The monoisotopic (exact) mass is 417 g/mol. The zero-order chi connectivity index (χ0) is 19.9. The molecular formula is C20H20ClN3O3S. The molecule has 0 aliphatic rings. The summed E-state index contributed by atoms with van der Waals surface area (Å²) in [4.78, 5) is 12.5.